The number of amides is 4. The van der Waals surface area contributed by atoms with E-state index in [0.29, 0.717) is 30.7 Å². The van der Waals surface area contributed by atoms with E-state index in [-0.39, 0.29) is 29.3 Å². The normalized spacial score (nSPS) is 18.4. The Hall–Kier alpha value is -6.42. The molecule has 9 rings (SSSR count). The first-order chi connectivity index (χ1) is 30.2. The average molecular weight is 853 g/mol. The highest BCUT2D eigenvalue weighted by molar-refractivity contribution is 6.05. The highest BCUT2D eigenvalue weighted by Crippen LogP contribution is 2.36. The number of aryl methyl sites for hydroxylation is 2. The molecule has 0 saturated carbocycles. The second-order valence-electron chi connectivity index (χ2n) is 18.5. The van der Waals surface area contributed by atoms with Gasteiger partial charge in [-0.05, 0) is 100 Å². The Labute approximate surface area is 366 Å². The monoisotopic (exact) mass is 852 g/mol. The first-order valence-electron chi connectivity index (χ1n) is 22.0. The third-order valence-electron chi connectivity index (χ3n) is 13.0. The van der Waals surface area contributed by atoms with Gasteiger partial charge in [-0.3, -0.25) is 24.5 Å². The van der Waals surface area contributed by atoms with Crippen molar-refractivity contribution >= 4 is 40.3 Å². The first kappa shape index (κ1) is 41.9. The molecule has 0 spiro atoms. The summed E-state index contributed by atoms with van der Waals surface area (Å²) in [5, 5.41) is 15.4. The van der Waals surface area contributed by atoms with Gasteiger partial charge in [0.2, 0.25) is 5.91 Å². The van der Waals surface area contributed by atoms with Crippen molar-refractivity contribution in [1.82, 2.24) is 50.4 Å². The summed E-state index contributed by atoms with van der Waals surface area (Å²) in [5.74, 6) is 0.444. The maximum atomic E-state index is 13.0. The number of urea groups is 1. The van der Waals surface area contributed by atoms with E-state index >= 15 is 0 Å². The predicted octanol–water partition coefficient (Wildman–Crippen LogP) is 7.19. The smallest absolute Gasteiger partial charge is 0.328 e. The number of likely N-dealkylation sites (tertiary alicyclic amines) is 1. The number of anilines is 2. The average Bonchev–Trinajstić information content (AvgIpc) is 4.07. The van der Waals surface area contributed by atoms with Crippen molar-refractivity contribution in [2.24, 2.45) is 5.92 Å². The predicted molar refractivity (Wildman–Crippen MR) is 241 cm³/mol. The van der Waals surface area contributed by atoms with Gasteiger partial charge in [0, 0.05) is 84.7 Å². The van der Waals surface area contributed by atoms with E-state index in [1.807, 2.05) is 58.9 Å². The summed E-state index contributed by atoms with van der Waals surface area (Å²) in [6, 6.07) is 16.1. The molecular weight excluding hydrogens is 797 g/mol. The molecule has 0 bridgehead atoms. The number of aromatic amines is 1. The molecule has 2 atom stereocenters. The standard InChI is InChI=1S/C47H56N12O4/c1-27-22-32(8-13-36(27)28(2)50-43(61)44-53-45(55-63-44)47(5,6)7)41-37-23-38(51-42(37)49-26-48-41)40-29(3)54-59(30(40)4)35-16-18-56(25-35)24-31-14-19-57(20-15-31)33-9-11-34(12-10-33)58-21-17-39(60)52-46(58)62/h8-13,22-23,26,28,31,35H,14-21,24-25H2,1-7H3,(H,50,61)(H,48,49,51)(H,52,60,62)/t28-,35?/m1/s1. The number of imide groups is 1. The summed E-state index contributed by atoms with van der Waals surface area (Å²) >= 11 is 0. The highest BCUT2D eigenvalue weighted by atomic mass is 16.5. The van der Waals surface area contributed by atoms with Gasteiger partial charge in [0.25, 0.3) is 0 Å². The van der Waals surface area contributed by atoms with Crippen molar-refractivity contribution in [3.05, 3.63) is 89.1 Å². The molecule has 0 aliphatic carbocycles. The van der Waals surface area contributed by atoms with E-state index in [0.717, 1.165) is 114 Å². The van der Waals surface area contributed by atoms with E-state index < -0.39 is 5.91 Å². The molecule has 4 amide bonds. The largest absolute Gasteiger partial charge is 0.372 e. The van der Waals surface area contributed by atoms with Gasteiger partial charge in [0.05, 0.1) is 29.2 Å². The molecule has 16 nitrogen and oxygen atoms in total. The number of benzene rings is 2. The summed E-state index contributed by atoms with van der Waals surface area (Å²) < 4.78 is 7.50. The molecule has 7 heterocycles. The van der Waals surface area contributed by atoms with Crippen LogP contribution in [-0.2, 0) is 10.2 Å². The van der Waals surface area contributed by atoms with Crippen LogP contribution in [0.25, 0.3) is 33.5 Å². The number of carbonyl (C=O) groups is 3. The van der Waals surface area contributed by atoms with Crippen LogP contribution in [0.5, 0.6) is 0 Å². The summed E-state index contributed by atoms with van der Waals surface area (Å²) in [7, 11) is 0. The topological polar surface area (TPSA) is 183 Å². The minimum Gasteiger partial charge on any atom is -0.372 e. The summed E-state index contributed by atoms with van der Waals surface area (Å²) in [4.78, 5) is 60.8. The molecule has 3 saturated heterocycles. The van der Waals surface area contributed by atoms with E-state index in [2.05, 4.69) is 83.3 Å². The number of aromatic nitrogens is 7. The summed E-state index contributed by atoms with van der Waals surface area (Å²) in [5.41, 5.74) is 10.4. The Kier molecular flexibility index (Phi) is 11.1. The molecule has 4 aromatic heterocycles. The van der Waals surface area contributed by atoms with E-state index in [1.54, 1.807) is 11.2 Å². The van der Waals surface area contributed by atoms with Crippen molar-refractivity contribution in [2.45, 2.75) is 91.6 Å². The van der Waals surface area contributed by atoms with E-state index in [9.17, 15) is 14.4 Å². The van der Waals surface area contributed by atoms with Crippen molar-refractivity contribution < 1.29 is 18.9 Å². The van der Waals surface area contributed by atoms with Gasteiger partial charge in [0.1, 0.15) is 12.0 Å². The quantitative estimate of drug-likeness (QED) is 0.127. The summed E-state index contributed by atoms with van der Waals surface area (Å²) in [6.07, 6.45) is 5.25. The molecule has 63 heavy (non-hydrogen) atoms. The third kappa shape index (κ3) is 8.43. The number of fused-ring (bicyclic) bond motifs is 1. The van der Waals surface area contributed by atoms with Gasteiger partial charge in [-0.2, -0.15) is 10.1 Å². The maximum Gasteiger partial charge on any atom is 0.328 e. The van der Waals surface area contributed by atoms with Crippen LogP contribution in [0, 0.1) is 26.7 Å². The molecule has 3 aliphatic rings. The molecule has 3 fully saturated rings. The molecule has 1 unspecified atom stereocenters. The van der Waals surface area contributed by atoms with Crippen LogP contribution < -0.4 is 20.4 Å². The van der Waals surface area contributed by atoms with Crippen molar-refractivity contribution in [2.75, 3.05) is 49.1 Å². The number of H-pyrrole nitrogens is 1. The number of piperidine rings is 1. The van der Waals surface area contributed by atoms with Gasteiger partial charge in [-0.25, -0.2) is 14.8 Å². The number of carbonyl (C=O) groups excluding carboxylic acids is 3. The lowest BCUT2D eigenvalue weighted by Crippen LogP contribution is -2.49. The van der Waals surface area contributed by atoms with Crippen LogP contribution in [0.1, 0.15) is 104 Å². The van der Waals surface area contributed by atoms with E-state index in [1.165, 1.54) is 5.69 Å². The molecule has 6 aromatic rings. The van der Waals surface area contributed by atoms with Crippen LogP contribution in [0.15, 0.2) is 59.4 Å². The van der Waals surface area contributed by atoms with Crippen LogP contribution in [0.2, 0.25) is 0 Å². The fourth-order valence-corrected chi connectivity index (χ4v) is 9.55. The Balaban J connectivity index is 0.825. The fourth-order valence-electron chi connectivity index (χ4n) is 9.55. The second-order valence-corrected chi connectivity index (χ2v) is 18.5. The van der Waals surface area contributed by atoms with Crippen LogP contribution in [0.4, 0.5) is 16.2 Å². The van der Waals surface area contributed by atoms with Gasteiger partial charge < -0.3 is 24.6 Å². The zero-order chi connectivity index (χ0) is 44.2. The molecular formula is C47H56N12O4. The van der Waals surface area contributed by atoms with Crippen molar-refractivity contribution in [3.8, 4) is 22.5 Å². The lowest BCUT2D eigenvalue weighted by Gasteiger charge is -2.35. The fraction of sp³-hybridized carbons (Fsp3) is 0.447. The Morgan fingerprint density at radius 1 is 0.952 bits per heavy atom. The Morgan fingerprint density at radius 2 is 1.71 bits per heavy atom. The van der Waals surface area contributed by atoms with Crippen LogP contribution >= 0.6 is 0 Å². The number of hydrogen-bond acceptors (Lipinski definition) is 11. The SMILES string of the molecule is Cc1cc(-c2ncnc3[nH]c(-c4c(C)nn(C5CCN(CC6CCN(c7ccc(N8CCC(=O)NC8=O)cc7)CC6)C5)c4C)cc23)ccc1[C@@H](C)NC(=O)c1nc(C(C)(C)C)no1. The lowest BCUT2D eigenvalue weighted by molar-refractivity contribution is -0.120. The maximum absolute atomic E-state index is 13.0. The Morgan fingerprint density at radius 3 is 2.43 bits per heavy atom. The minimum absolute atomic E-state index is 0.0488. The van der Waals surface area contributed by atoms with Gasteiger partial charge in [-0.1, -0.05) is 38.1 Å². The molecule has 3 aliphatic heterocycles. The number of nitrogens with one attached hydrogen (secondary N) is 3. The van der Waals surface area contributed by atoms with Crippen LogP contribution in [-0.4, -0.2) is 96.9 Å². The van der Waals surface area contributed by atoms with Gasteiger partial charge >= 0.3 is 17.8 Å². The molecule has 3 N–H and O–H groups in total. The number of rotatable bonds is 10. The lowest BCUT2D eigenvalue weighted by atomic mass is 9.96. The van der Waals surface area contributed by atoms with Gasteiger partial charge in [-0.15, -0.1) is 0 Å². The highest BCUT2D eigenvalue weighted by Gasteiger charge is 2.31. The zero-order valence-corrected chi connectivity index (χ0v) is 37.2. The van der Waals surface area contributed by atoms with Gasteiger partial charge in [0.15, 0.2) is 5.82 Å². The van der Waals surface area contributed by atoms with E-state index in [4.69, 9.17) is 14.6 Å². The summed E-state index contributed by atoms with van der Waals surface area (Å²) in [6.45, 7) is 19.7. The van der Waals surface area contributed by atoms with Crippen molar-refractivity contribution in [3.63, 3.8) is 0 Å². The molecule has 0 radical (unpaired) electrons. The van der Waals surface area contributed by atoms with Crippen LogP contribution in [0.3, 0.4) is 0 Å². The zero-order valence-electron chi connectivity index (χ0n) is 37.2. The first-order valence-corrected chi connectivity index (χ1v) is 22.0. The molecule has 2 aromatic carbocycles. The van der Waals surface area contributed by atoms with Crippen molar-refractivity contribution in [1.29, 1.82) is 0 Å². The second kappa shape index (κ2) is 16.7. The Bertz CT molecular complexity index is 2680. The molecule has 328 valence electrons. The minimum atomic E-state index is -0.410. The molecule has 16 heteroatoms. The third-order valence-corrected chi connectivity index (χ3v) is 13.0. The number of nitrogens with zero attached hydrogens (tertiary/aromatic N) is 9. The number of hydrogen-bond donors (Lipinski definition) is 3.